The van der Waals surface area contributed by atoms with Crippen LogP contribution in [0.15, 0.2) is 72.8 Å². The van der Waals surface area contributed by atoms with E-state index in [0.29, 0.717) is 0 Å². The lowest BCUT2D eigenvalue weighted by Crippen LogP contribution is -1.69. The summed E-state index contributed by atoms with van der Waals surface area (Å²) >= 11 is 0. The van der Waals surface area contributed by atoms with E-state index in [1.807, 2.05) is 72.8 Å². The number of hydrogen-bond acceptors (Lipinski definition) is 3. The minimum atomic E-state index is 0.167. The summed E-state index contributed by atoms with van der Waals surface area (Å²) in [7, 11) is 6.50. The van der Waals surface area contributed by atoms with Crippen molar-refractivity contribution in [1.82, 2.24) is 0 Å². The Bertz CT molecular complexity index is 283. The van der Waals surface area contributed by atoms with Crippen LogP contribution in [0.2, 0.25) is 0 Å². The second-order valence-electron chi connectivity index (χ2n) is 4.03. The summed E-state index contributed by atoms with van der Waals surface area (Å²) in [5, 5.41) is 0. The summed E-state index contributed by atoms with van der Waals surface area (Å²) in [5.74, 6) is 0.167. The van der Waals surface area contributed by atoms with Gasteiger partial charge in [-0.1, -0.05) is 72.8 Å². The zero-order valence-corrected chi connectivity index (χ0v) is 14.7. The molecule has 2 rings (SSSR count). The summed E-state index contributed by atoms with van der Waals surface area (Å²) in [6, 6.07) is 24.0. The molecule has 0 unspecified atom stereocenters. The highest BCUT2D eigenvalue weighted by Gasteiger charge is 1.62. The maximum atomic E-state index is 9.44. The van der Waals surface area contributed by atoms with E-state index in [4.69, 9.17) is 0 Å². The number of carbonyl (C=O) groups is 1. The van der Waals surface area contributed by atoms with Gasteiger partial charge in [-0.15, -0.1) is 0 Å². The summed E-state index contributed by atoms with van der Waals surface area (Å²) in [6.07, 6.45) is 0. The number of methoxy groups -OCH3 is 2. The van der Waals surface area contributed by atoms with Crippen LogP contribution < -0.4 is 0 Å². The third-order valence-corrected chi connectivity index (χ3v) is 1.33. The predicted octanol–water partition coefficient (Wildman–Crippen LogP) is 4.49. The smallest absolute Gasteiger partial charge is 0.126 e. The van der Waals surface area contributed by atoms with Crippen LogP contribution in [0.1, 0.15) is 13.8 Å². The molecule has 22 heavy (non-hydrogen) atoms. The molecule has 0 aromatic heterocycles. The lowest BCUT2D eigenvalue weighted by Gasteiger charge is -1.69. The van der Waals surface area contributed by atoms with Crippen LogP contribution in [0.25, 0.3) is 0 Å². The average molecular weight is 306 g/mol. The molecule has 3 nitrogen and oxygen atoms in total. The highest BCUT2D eigenvalue weighted by molar-refractivity contribution is 5.72. The lowest BCUT2D eigenvalue weighted by molar-refractivity contribution is -0.114. The number of Topliss-reactive ketones (excluding diaryl/α,β-unsaturated/α-hetero) is 1. The van der Waals surface area contributed by atoms with Crippen molar-refractivity contribution in [2.45, 2.75) is 13.8 Å². The maximum Gasteiger partial charge on any atom is 0.126 e. The van der Waals surface area contributed by atoms with Crippen molar-refractivity contribution in [3.63, 3.8) is 0 Å². The normalized spacial score (nSPS) is 7.18. The molecule has 0 aliphatic rings. The number of rotatable bonds is 0. The maximum absolute atomic E-state index is 9.44. The van der Waals surface area contributed by atoms with E-state index < -0.39 is 0 Å². The van der Waals surface area contributed by atoms with Crippen LogP contribution in [0.3, 0.4) is 0 Å². The lowest BCUT2D eigenvalue weighted by atomic mass is 10.4. The SMILES string of the molecule is CC(C)=O.COC.COC.c1ccccc1.c1ccccc1. The van der Waals surface area contributed by atoms with E-state index in [9.17, 15) is 4.79 Å². The van der Waals surface area contributed by atoms with E-state index in [-0.39, 0.29) is 5.78 Å². The Morgan fingerprint density at radius 3 is 0.591 bits per heavy atom. The van der Waals surface area contributed by atoms with E-state index in [2.05, 4.69) is 9.47 Å². The first-order valence-corrected chi connectivity index (χ1v) is 6.84. The molecule has 0 bridgehead atoms. The number of benzene rings is 2. The van der Waals surface area contributed by atoms with E-state index in [0.717, 1.165) is 0 Å². The largest absolute Gasteiger partial charge is 0.388 e. The highest BCUT2D eigenvalue weighted by atomic mass is 16.5. The number of ether oxygens (including phenoxy) is 2. The Kier molecular flexibility index (Phi) is 31.1. The quantitative estimate of drug-likeness (QED) is 0.719. The first-order valence-electron chi connectivity index (χ1n) is 6.84. The average Bonchev–Trinajstić information content (AvgIpc) is 2.52. The molecule has 0 aliphatic carbocycles. The molecule has 0 radical (unpaired) electrons. The van der Waals surface area contributed by atoms with Crippen molar-refractivity contribution in [2.75, 3.05) is 28.4 Å². The van der Waals surface area contributed by atoms with Crippen molar-refractivity contribution in [3.05, 3.63) is 72.8 Å². The van der Waals surface area contributed by atoms with E-state index in [1.54, 1.807) is 28.4 Å². The third-order valence-electron chi connectivity index (χ3n) is 1.33. The molecule has 0 aliphatic heterocycles. The van der Waals surface area contributed by atoms with Crippen LogP contribution in [-0.4, -0.2) is 34.2 Å². The Balaban J connectivity index is -0.000000214. The van der Waals surface area contributed by atoms with Gasteiger partial charge in [-0.25, -0.2) is 0 Å². The molecule has 0 fully saturated rings. The van der Waals surface area contributed by atoms with Crippen molar-refractivity contribution in [2.24, 2.45) is 0 Å². The zero-order valence-electron chi connectivity index (χ0n) is 14.7. The van der Waals surface area contributed by atoms with Gasteiger partial charge in [0.2, 0.25) is 0 Å². The fourth-order valence-corrected chi connectivity index (χ4v) is 0.770. The molecule has 0 amide bonds. The van der Waals surface area contributed by atoms with Crippen LogP contribution in [0, 0.1) is 0 Å². The van der Waals surface area contributed by atoms with Crippen LogP contribution in [0.4, 0.5) is 0 Å². The van der Waals surface area contributed by atoms with E-state index >= 15 is 0 Å². The third kappa shape index (κ3) is 52.0. The van der Waals surface area contributed by atoms with Crippen LogP contribution in [-0.2, 0) is 14.3 Å². The molecule has 2 aromatic rings. The predicted molar refractivity (Wildman–Crippen MR) is 95.1 cm³/mol. The van der Waals surface area contributed by atoms with Crippen molar-refractivity contribution >= 4 is 5.78 Å². The number of ketones is 1. The monoisotopic (exact) mass is 306 g/mol. The topological polar surface area (TPSA) is 35.5 Å². The minimum Gasteiger partial charge on any atom is -0.388 e. The Labute approximate surface area is 135 Å². The fraction of sp³-hybridized carbons (Fsp3) is 0.316. The molecule has 0 saturated carbocycles. The summed E-state index contributed by atoms with van der Waals surface area (Å²) in [6.45, 7) is 3.06. The standard InChI is InChI=1S/2C6H6.C3H6O.2C2H6O/c2*1-2-4-6-5-3-1;1-3(2)4;2*1-3-2/h2*1-6H;1-2H3;2*1-2H3. The molecular formula is C19H30O3. The molecular weight excluding hydrogens is 276 g/mol. The Morgan fingerprint density at radius 2 is 0.545 bits per heavy atom. The van der Waals surface area contributed by atoms with Gasteiger partial charge in [-0.05, 0) is 13.8 Å². The van der Waals surface area contributed by atoms with E-state index in [1.165, 1.54) is 13.8 Å². The minimum absolute atomic E-state index is 0.167. The summed E-state index contributed by atoms with van der Waals surface area (Å²) in [5.41, 5.74) is 0. The van der Waals surface area contributed by atoms with Crippen LogP contribution in [0.5, 0.6) is 0 Å². The van der Waals surface area contributed by atoms with Gasteiger partial charge in [0.05, 0.1) is 0 Å². The first kappa shape index (κ1) is 25.0. The Morgan fingerprint density at radius 1 is 0.500 bits per heavy atom. The molecule has 0 N–H and O–H groups in total. The second kappa shape index (κ2) is 27.4. The van der Waals surface area contributed by atoms with Gasteiger partial charge in [-0.3, -0.25) is 0 Å². The van der Waals surface area contributed by atoms with Gasteiger partial charge in [0.1, 0.15) is 5.78 Å². The second-order valence-corrected chi connectivity index (χ2v) is 4.03. The summed E-state index contributed by atoms with van der Waals surface area (Å²) in [4.78, 5) is 9.44. The number of carbonyl (C=O) groups excluding carboxylic acids is 1. The fourth-order valence-electron chi connectivity index (χ4n) is 0.770. The molecule has 3 heteroatoms. The van der Waals surface area contributed by atoms with Crippen molar-refractivity contribution < 1.29 is 14.3 Å². The van der Waals surface area contributed by atoms with Crippen LogP contribution >= 0.6 is 0 Å². The van der Waals surface area contributed by atoms with Crippen molar-refractivity contribution in [1.29, 1.82) is 0 Å². The number of hydrogen-bond donors (Lipinski definition) is 0. The van der Waals surface area contributed by atoms with Gasteiger partial charge in [0.25, 0.3) is 0 Å². The highest BCUT2D eigenvalue weighted by Crippen LogP contribution is 1.80. The molecule has 0 atom stereocenters. The van der Waals surface area contributed by atoms with Gasteiger partial charge >= 0.3 is 0 Å². The zero-order chi connectivity index (χ0) is 17.5. The van der Waals surface area contributed by atoms with Gasteiger partial charge < -0.3 is 14.3 Å². The van der Waals surface area contributed by atoms with Gasteiger partial charge in [-0.2, -0.15) is 0 Å². The molecule has 2 aromatic carbocycles. The van der Waals surface area contributed by atoms with Crippen molar-refractivity contribution in [3.8, 4) is 0 Å². The molecule has 0 saturated heterocycles. The first-order chi connectivity index (χ1) is 10.6. The molecule has 0 heterocycles. The summed E-state index contributed by atoms with van der Waals surface area (Å²) < 4.78 is 8.50. The molecule has 124 valence electrons. The van der Waals surface area contributed by atoms with Gasteiger partial charge in [0, 0.05) is 28.4 Å². The molecule has 0 spiro atoms. The Hall–Kier alpha value is -1.97. The van der Waals surface area contributed by atoms with Gasteiger partial charge in [0.15, 0.2) is 0 Å².